The summed E-state index contributed by atoms with van der Waals surface area (Å²) in [6.45, 7) is 12.3. The molecule has 230 valence electrons. The summed E-state index contributed by atoms with van der Waals surface area (Å²) >= 11 is 0. The van der Waals surface area contributed by atoms with E-state index < -0.39 is 0 Å². The topological polar surface area (TPSA) is 43.4 Å². The Morgan fingerprint density at radius 2 is 1.46 bits per heavy atom. The maximum absolute atomic E-state index is 11.9. The predicted molar refractivity (Wildman–Crippen MR) is 177 cm³/mol. The van der Waals surface area contributed by atoms with Gasteiger partial charge >= 0.3 is 0 Å². The summed E-state index contributed by atoms with van der Waals surface area (Å²) in [4.78, 5) is 23.4. The number of rotatable bonds is 14. The van der Waals surface area contributed by atoms with Crippen LogP contribution in [-0.4, -0.2) is 17.7 Å². The van der Waals surface area contributed by atoms with Crippen molar-refractivity contribution < 1.29 is 17.2 Å². The van der Waals surface area contributed by atoms with E-state index in [9.17, 15) is 9.59 Å². The van der Waals surface area contributed by atoms with Gasteiger partial charge in [-0.15, -0.1) is 0 Å². The van der Waals surface area contributed by atoms with Gasteiger partial charge in [-0.3, -0.25) is 9.59 Å². The second-order valence-electron chi connectivity index (χ2n) is 13.0. The number of Topliss-reactive ketones (excluding diaryl/α,β-unsaturated/α-hetero) is 2. The van der Waals surface area contributed by atoms with Gasteiger partial charge in [0.15, 0.2) is 5.78 Å². The Morgan fingerprint density at radius 1 is 0.854 bits per heavy atom. The Labute approximate surface area is 253 Å². The zero-order valence-electron chi connectivity index (χ0n) is 26.9. The molecule has 0 aromatic heterocycles. The second-order valence-corrected chi connectivity index (χ2v) is 13.0. The third-order valence-electron chi connectivity index (χ3n) is 9.55. The summed E-state index contributed by atoms with van der Waals surface area (Å²) in [6.07, 6.45) is 17.6. The van der Waals surface area contributed by atoms with E-state index in [0.717, 1.165) is 36.1 Å². The van der Waals surface area contributed by atoms with Crippen LogP contribution in [0.1, 0.15) is 156 Å². The molecular weight excluding hydrogens is 504 g/mol. The Kier molecular flexibility index (Phi) is 13.1. The zero-order chi connectivity index (χ0) is 29.8. The lowest BCUT2D eigenvalue weighted by Gasteiger charge is -2.35. The molecule has 0 saturated heterocycles. The van der Waals surface area contributed by atoms with Crippen LogP contribution in [0.25, 0.3) is 11.1 Å². The van der Waals surface area contributed by atoms with Crippen LogP contribution in [-0.2, 0) is 4.79 Å². The highest BCUT2D eigenvalue weighted by Crippen LogP contribution is 2.44. The number of hydrogen-bond donors (Lipinski definition) is 0. The molecule has 41 heavy (non-hydrogen) atoms. The zero-order valence-corrected chi connectivity index (χ0v) is 26.9. The van der Waals surface area contributed by atoms with Crippen molar-refractivity contribution in [1.82, 2.24) is 0 Å². The maximum Gasteiger partial charge on any atom is 0.159 e. The van der Waals surface area contributed by atoms with E-state index in [2.05, 4.69) is 52.0 Å². The Balaban J connectivity index is 0.000000454. The molecule has 0 unspecified atom stereocenters. The first-order chi connectivity index (χ1) is 19.7. The molecule has 0 N–H and O–H groups in total. The molecule has 2 fully saturated rings. The molecule has 2 aliphatic carbocycles. The molecule has 2 aromatic rings. The van der Waals surface area contributed by atoms with E-state index in [1.807, 2.05) is 18.2 Å². The van der Waals surface area contributed by atoms with E-state index in [-0.39, 0.29) is 14.6 Å². The largest absolute Gasteiger partial charge is 0.490 e. The molecule has 0 heterocycles. The summed E-state index contributed by atoms with van der Waals surface area (Å²) in [5, 5.41) is 0. The van der Waals surface area contributed by atoms with Gasteiger partial charge in [0.1, 0.15) is 11.5 Å². The summed E-state index contributed by atoms with van der Waals surface area (Å²) in [5.74, 6) is 2.28. The molecule has 1 atom stereocenters. The lowest BCUT2D eigenvalue weighted by atomic mass is 9.70. The highest BCUT2D eigenvalue weighted by atomic mass is 16.5. The lowest BCUT2D eigenvalue weighted by molar-refractivity contribution is -0.121. The maximum atomic E-state index is 11.9. The van der Waals surface area contributed by atoms with Gasteiger partial charge in [-0.1, -0.05) is 77.6 Å². The van der Waals surface area contributed by atoms with Crippen molar-refractivity contribution in [2.45, 2.75) is 143 Å². The highest BCUT2D eigenvalue weighted by Gasteiger charge is 2.30. The van der Waals surface area contributed by atoms with Crippen molar-refractivity contribution in [1.29, 1.82) is 0 Å². The molecule has 0 radical (unpaired) electrons. The fourth-order valence-corrected chi connectivity index (χ4v) is 7.13. The Morgan fingerprint density at radius 3 is 1.98 bits per heavy atom. The van der Waals surface area contributed by atoms with Crippen molar-refractivity contribution in [3.63, 3.8) is 0 Å². The number of hydrogen-bond acceptors (Lipinski definition) is 3. The van der Waals surface area contributed by atoms with Crippen molar-refractivity contribution >= 4 is 11.6 Å². The minimum absolute atomic E-state index is 0. The second kappa shape index (κ2) is 16.3. The van der Waals surface area contributed by atoms with Crippen LogP contribution in [0.2, 0.25) is 0 Å². The minimum atomic E-state index is 0. The molecule has 4 rings (SSSR count). The van der Waals surface area contributed by atoms with Gasteiger partial charge < -0.3 is 4.74 Å². The SMILES string of the molecule is CC(=O)c1ccc(OC2CCCC2)c(-c2ccccc2C2CCC2)c1.CCCC(CCC)(CCC)C[C@@H](C)C(C)=O.[HH].[HH]. The average Bonchev–Trinajstić information content (AvgIpc) is 3.42. The molecule has 0 spiro atoms. The Hall–Kier alpha value is -2.42. The van der Waals surface area contributed by atoms with E-state index in [1.165, 1.54) is 81.8 Å². The molecular formula is C38H60O3. The molecule has 0 amide bonds. The Bertz CT molecular complexity index is 1100. The smallest absolute Gasteiger partial charge is 0.159 e. The molecule has 3 heteroatoms. The number of carbonyl (C=O) groups is 2. The summed E-state index contributed by atoms with van der Waals surface area (Å²) in [5.41, 5.74) is 4.93. The standard InChI is InChI=1S/C23H26O2.C15H30O.2H2/c1-16(24)18-13-14-23(25-19-9-2-3-10-19)22(15-18)21-12-5-4-11-20(21)17-7-6-8-17;1-6-9-15(10-7-2,11-8-3)12-13(4)14(5)16;;/h4-5,11-15,17,19H,2-3,6-10H2,1H3;13H,6-12H2,1-5H3;2*1H/t;13-;;/m.1../s1. The average molecular weight is 565 g/mol. The number of benzene rings is 2. The fourth-order valence-electron chi connectivity index (χ4n) is 7.13. The summed E-state index contributed by atoms with van der Waals surface area (Å²) < 4.78 is 6.37. The van der Waals surface area contributed by atoms with Crippen LogP contribution in [0, 0.1) is 11.3 Å². The number of carbonyl (C=O) groups excluding carboxylic acids is 2. The lowest BCUT2D eigenvalue weighted by Crippen LogP contribution is -2.26. The monoisotopic (exact) mass is 564 g/mol. The molecule has 2 aliphatic rings. The molecule has 3 nitrogen and oxygen atoms in total. The first-order valence-corrected chi connectivity index (χ1v) is 16.6. The normalized spacial score (nSPS) is 16.4. The van der Waals surface area contributed by atoms with Crippen LogP contribution in [0.3, 0.4) is 0 Å². The van der Waals surface area contributed by atoms with Gasteiger partial charge in [0.05, 0.1) is 6.10 Å². The fraction of sp³-hybridized carbons (Fsp3) is 0.632. The van der Waals surface area contributed by atoms with Crippen molar-refractivity contribution in [3.8, 4) is 16.9 Å². The first-order valence-electron chi connectivity index (χ1n) is 16.6. The quantitative estimate of drug-likeness (QED) is 0.214. The third kappa shape index (κ3) is 9.29. The van der Waals surface area contributed by atoms with Gasteiger partial charge in [-0.05, 0) is 119 Å². The van der Waals surface area contributed by atoms with Crippen LogP contribution in [0.15, 0.2) is 42.5 Å². The molecule has 2 saturated carbocycles. The first kappa shape index (κ1) is 33.1. The van der Waals surface area contributed by atoms with E-state index >= 15 is 0 Å². The summed E-state index contributed by atoms with van der Waals surface area (Å²) in [6, 6.07) is 14.6. The van der Waals surface area contributed by atoms with E-state index in [0.29, 0.717) is 23.2 Å². The number of ether oxygens (including phenoxy) is 1. The highest BCUT2D eigenvalue weighted by molar-refractivity contribution is 5.96. The third-order valence-corrected chi connectivity index (χ3v) is 9.55. The van der Waals surface area contributed by atoms with Crippen LogP contribution in [0.5, 0.6) is 5.75 Å². The summed E-state index contributed by atoms with van der Waals surface area (Å²) in [7, 11) is 0. The van der Waals surface area contributed by atoms with E-state index in [4.69, 9.17) is 4.74 Å². The predicted octanol–water partition coefficient (Wildman–Crippen LogP) is 11.6. The molecule has 0 bridgehead atoms. The minimum Gasteiger partial charge on any atom is -0.490 e. The van der Waals surface area contributed by atoms with Gasteiger partial charge in [0, 0.05) is 19.9 Å². The van der Waals surface area contributed by atoms with Gasteiger partial charge in [-0.25, -0.2) is 0 Å². The number of ketones is 2. The van der Waals surface area contributed by atoms with Crippen LogP contribution < -0.4 is 4.74 Å². The van der Waals surface area contributed by atoms with Crippen molar-refractivity contribution in [3.05, 3.63) is 53.6 Å². The van der Waals surface area contributed by atoms with Gasteiger partial charge in [0.25, 0.3) is 0 Å². The van der Waals surface area contributed by atoms with Crippen molar-refractivity contribution in [2.24, 2.45) is 11.3 Å². The van der Waals surface area contributed by atoms with Crippen molar-refractivity contribution in [2.75, 3.05) is 0 Å². The van der Waals surface area contributed by atoms with Gasteiger partial charge in [-0.2, -0.15) is 0 Å². The van der Waals surface area contributed by atoms with E-state index in [1.54, 1.807) is 13.8 Å². The molecule has 2 aromatic carbocycles. The van der Waals surface area contributed by atoms with Gasteiger partial charge in [0.2, 0.25) is 0 Å². The molecule has 0 aliphatic heterocycles. The van der Waals surface area contributed by atoms with Crippen LogP contribution in [0.4, 0.5) is 0 Å². The van der Waals surface area contributed by atoms with Crippen LogP contribution >= 0.6 is 0 Å².